The van der Waals surface area contributed by atoms with E-state index in [0.29, 0.717) is 17.1 Å². The number of benzene rings is 3. The van der Waals surface area contributed by atoms with Crippen molar-refractivity contribution in [3.05, 3.63) is 93.1 Å². The molecule has 0 amide bonds. The molecule has 0 radical (unpaired) electrons. The van der Waals surface area contributed by atoms with E-state index in [-0.39, 0.29) is 5.56 Å². The van der Waals surface area contributed by atoms with Crippen molar-refractivity contribution in [1.29, 1.82) is 0 Å². The lowest BCUT2D eigenvalue weighted by Crippen LogP contribution is -2.31. The van der Waals surface area contributed by atoms with E-state index < -0.39 is 17.1 Å². The average Bonchev–Trinajstić information content (AvgIpc) is 2.73. The summed E-state index contributed by atoms with van der Waals surface area (Å²) in [4.78, 5) is 31.0. The summed E-state index contributed by atoms with van der Waals surface area (Å²) < 4.78 is 6.10. The number of H-pyrrole nitrogens is 1. The van der Waals surface area contributed by atoms with Gasteiger partial charge in [-0.15, -0.1) is 0 Å². The summed E-state index contributed by atoms with van der Waals surface area (Å²) in [7, 11) is 1.53. The predicted molar refractivity (Wildman–Crippen MR) is 112 cm³/mol. The number of aromatic amines is 1. The summed E-state index contributed by atoms with van der Waals surface area (Å²) in [6, 6.07) is 19.9. The molecular weight excluding hydrogens is 370 g/mol. The van der Waals surface area contributed by atoms with E-state index in [9.17, 15) is 14.7 Å². The number of rotatable bonds is 4. The summed E-state index contributed by atoms with van der Waals surface area (Å²) in [6.45, 7) is 0. The molecule has 0 saturated carbocycles. The molecule has 0 saturated heterocycles. The minimum Gasteiger partial charge on any atom is -0.497 e. The quantitative estimate of drug-likeness (QED) is 0.526. The van der Waals surface area contributed by atoms with Gasteiger partial charge in [-0.25, -0.2) is 9.36 Å². The standard InChI is InChI=1S/C22H17N3O4/c1-29-18-10-8-17(9-11-18)25-21(27)19(20(26)24-22(25)28)13-23-16-7-6-14-4-2-3-5-15(14)12-16/h2-13,27H,1H3,(H,24,26,28). The highest BCUT2D eigenvalue weighted by molar-refractivity contribution is 5.88. The Kier molecular flexibility index (Phi) is 4.70. The van der Waals surface area contributed by atoms with Crippen LogP contribution in [0.1, 0.15) is 5.56 Å². The largest absolute Gasteiger partial charge is 0.497 e. The molecule has 1 aromatic heterocycles. The predicted octanol–water partition coefficient (Wildman–Crippen LogP) is 3.14. The molecule has 0 aliphatic carbocycles. The average molecular weight is 387 g/mol. The van der Waals surface area contributed by atoms with Crippen molar-refractivity contribution >= 4 is 22.7 Å². The molecule has 7 nitrogen and oxygen atoms in total. The second-order valence-corrected chi connectivity index (χ2v) is 6.32. The van der Waals surface area contributed by atoms with Crippen molar-refractivity contribution in [2.24, 2.45) is 4.99 Å². The summed E-state index contributed by atoms with van der Waals surface area (Å²) in [6.07, 6.45) is 1.25. The third kappa shape index (κ3) is 3.53. The zero-order valence-electron chi connectivity index (χ0n) is 15.5. The molecule has 144 valence electrons. The first-order valence-electron chi connectivity index (χ1n) is 8.82. The van der Waals surface area contributed by atoms with Crippen molar-refractivity contribution in [1.82, 2.24) is 9.55 Å². The number of nitrogens with zero attached hydrogens (tertiary/aromatic N) is 2. The maximum absolute atomic E-state index is 12.3. The molecule has 0 bridgehead atoms. The number of aromatic hydroxyl groups is 1. The zero-order chi connectivity index (χ0) is 20.4. The summed E-state index contributed by atoms with van der Waals surface area (Å²) in [5, 5.41) is 12.7. The van der Waals surface area contributed by atoms with Crippen LogP contribution in [0.3, 0.4) is 0 Å². The van der Waals surface area contributed by atoms with Gasteiger partial charge in [-0.2, -0.15) is 0 Å². The number of hydrogen-bond acceptors (Lipinski definition) is 5. The Morgan fingerprint density at radius 3 is 2.45 bits per heavy atom. The van der Waals surface area contributed by atoms with Gasteiger partial charge in [0, 0.05) is 6.21 Å². The van der Waals surface area contributed by atoms with Gasteiger partial charge in [-0.1, -0.05) is 30.3 Å². The minimum atomic E-state index is -0.750. The number of fused-ring (bicyclic) bond motifs is 1. The lowest BCUT2D eigenvalue weighted by atomic mass is 10.1. The second-order valence-electron chi connectivity index (χ2n) is 6.32. The molecule has 1 heterocycles. The fourth-order valence-electron chi connectivity index (χ4n) is 3.02. The van der Waals surface area contributed by atoms with Gasteiger partial charge in [0.1, 0.15) is 11.3 Å². The topological polar surface area (TPSA) is 96.7 Å². The first-order chi connectivity index (χ1) is 14.1. The molecule has 29 heavy (non-hydrogen) atoms. The molecule has 0 aliphatic heterocycles. The van der Waals surface area contributed by atoms with Gasteiger partial charge in [-0.3, -0.25) is 14.8 Å². The van der Waals surface area contributed by atoms with Crippen LogP contribution in [0.25, 0.3) is 16.5 Å². The van der Waals surface area contributed by atoms with Gasteiger partial charge in [0.2, 0.25) is 5.88 Å². The third-order valence-electron chi connectivity index (χ3n) is 4.53. The molecule has 4 aromatic rings. The number of nitrogens with one attached hydrogen (secondary N) is 1. The minimum absolute atomic E-state index is 0.117. The molecule has 7 heteroatoms. The lowest BCUT2D eigenvalue weighted by molar-refractivity contribution is 0.414. The van der Waals surface area contributed by atoms with E-state index >= 15 is 0 Å². The highest BCUT2D eigenvalue weighted by atomic mass is 16.5. The van der Waals surface area contributed by atoms with Crippen LogP contribution in [0.2, 0.25) is 0 Å². The number of methoxy groups -OCH3 is 1. The van der Waals surface area contributed by atoms with E-state index in [0.717, 1.165) is 15.3 Å². The van der Waals surface area contributed by atoms with Crippen molar-refractivity contribution < 1.29 is 9.84 Å². The second kappa shape index (κ2) is 7.47. The van der Waals surface area contributed by atoms with E-state index in [1.54, 1.807) is 24.3 Å². The number of hydrogen-bond donors (Lipinski definition) is 2. The highest BCUT2D eigenvalue weighted by Crippen LogP contribution is 2.22. The van der Waals surface area contributed by atoms with Crippen LogP contribution < -0.4 is 16.0 Å². The number of aliphatic imine (C=N–C) groups is 1. The van der Waals surface area contributed by atoms with Crippen LogP contribution in [0.5, 0.6) is 11.6 Å². The highest BCUT2D eigenvalue weighted by Gasteiger charge is 2.14. The molecule has 0 atom stereocenters. The van der Waals surface area contributed by atoms with Crippen LogP contribution in [0.15, 0.2) is 81.3 Å². The van der Waals surface area contributed by atoms with Gasteiger partial charge in [0.25, 0.3) is 5.56 Å². The maximum atomic E-state index is 12.3. The Morgan fingerprint density at radius 1 is 1.00 bits per heavy atom. The molecule has 0 spiro atoms. The Hall–Kier alpha value is -4.13. The normalized spacial score (nSPS) is 11.2. The molecule has 0 aliphatic rings. The van der Waals surface area contributed by atoms with Gasteiger partial charge < -0.3 is 9.84 Å². The van der Waals surface area contributed by atoms with E-state index in [2.05, 4.69) is 9.98 Å². The van der Waals surface area contributed by atoms with Crippen molar-refractivity contribution in [3.63, 3.8) is 0 Å². The fourth-order valence-corrected chi connectivity index (χ4v) is 3.02. The van der Waals surface area contributed by atoms with Crippen molar-refractivity contribution in [2.75, 3.05) is 7.11 Å². The number of aromatic nitrogens is 2. The molecule has 3 aromatic carbocycles. The molecule has 4 rings (SSSR count). The van der Waals surface area contributed by atoms with E-state index in [1.165, 1.54) is 13.3 Å². The van der Waals surface area contributed by atoms with Gasteiger partial charge >= 0.3 is 5.69 Å². The van der Waals surface area contributed by atoms with E-state index in [1.807, 2.05) is 42.5 Å². The monoisotopic (exact) mass is 387 g/mol. The molecule has 2 N–H and O–H groups in total. The number of ether oxygens (including phenoxy) is 1. The zero-order valence-corrected chi connectivity index (χ0v) is 15.5. The summed E-state index contributed by atoms with van der Waals surface area (Å²) in [5.41, 5.74) is -0.592. The maximum Gasteiger partial charge on any atom is 0.335 e. The van der Waals surface area contributed by atoms with Gasteiger partial charge in [0.05, 0.1) is 18.5 Å². The lowest BCUT2D eigenvalue weighted by Gasteiger charge is -2.10. The van der Waals surface area contributed by atoms with Gasteiger partial charge in [-0.05, 0) is 47.2 Å². The Morgan fingerprint density at radius 2 is 1.72 bits per heavy atom. The first kappa shape index (κ1) is 18.2. The smallest absolute Gasteiger partial charge is 0.335 e. The van der Waals surface area contributed by atoms with Crippen LogP contribution in [0, 0.1) is 0 Å². The van der Waals surface area contributed by atoms with Crippen LogP contribution in [0.4, 0.5) is 5.69 Å². The third-order valence-corrected chi connectivity index (χ3v) is 4.53. The molecule has 0 unspecified atom stereocenters. The van der Waals surface area contributed by atoms with Gasteiger partial charge in [0.15, 0.2) is 0 Å². The van der Waals surface area contributed by atoms with Crippen molar-refractivity contribution in [2.45, 2.75) is 0 Å². The Balaban J connectivity index is 1.77. The Bertz CT molecular complexity index is 1340. The summed E-state index contributed by atoms with van der Waals surface area (Å²) >= 11 is 0. The van der Waals surface area contributed by atoms with Crippen LogP contribution >= 0.6 is 0 Å². The Labute approximate surface area is 165 Å². The SMILES string of the molecule is COc1ccc(-n2c(O)c(C=Nc3ccc4ccccc4c3)c(=O)[nH]c2=O)cc1. The molecular formula is C22H17N3O4. The van der Waals surface area contributed by atoms with Crippen LogP contribution in [-0.2, 0) is 0 Å². The fraction of sp³-hybridized carbons (Fsp3) is 0.0455. The molecule has 0 fully saturated rings. The van der Waals surface area contributed by atoms with Crippen LogP contribution in [-0.4, -0.2) is 28.0 Å². The summed E-state index contributed by atoms with van der Waals surface area (Å²) in [5.74, 6) is 0.109. The first-order valence-corrected chi connectivity index (χ1v) is 8.82. The van der Waals surface area contributed by atoms with E-state index in [4.69, 9.17) is 4.74 Å². The van der Waals surface area contributed by atoms with Crippen molar-refractivity contribution in [3.8, 4) is 17.3 Å².